The van der Waals surface area contributed by atoms with Gasteiger partial charge < -0.3 is 10.3 Å². The van der Waals surface area contributed by atoms with Crippen LogP contribution in [-0.4, -0.2) is 16.6 Å². The number of allylic oxidation sites excluding steroid dienone is 1. The summed E-state index contributed by atoms with van der Waals surface area (Å²) >= 11 is 0. The van der Waals surface area contributed by atoms with Gasteiger partial charge >= 0.3 is 0 Å². The average molecular weight is 381 g/mol. The van der Waals surface area contributed by atoms with Crippen LogP contribution in [0.15, 0.2) is 66.2 Å². The number of aliphatic imine (C=N–C) groups is 1. The average Bonchev–Trinajstić information content (AvgIpc) is 3.18. The van der Waals surface area contributed by atoms with Crippen LogP contribution in [0.1, 0.15) is 33.6 Å². The first-order chi connectivity index (χ1) is 14.0. The Labute approximate surface area is 170 Å². The van der Waals surface area contributed by atoms with Crippen molar-refractivity contribution in [2.24, 2.45) is 4.99 Å². The molecule has 1 aromatic heterocycles. The fourth-order valence-electron chi connectivity index (χ4n) is 3.59. The zero-order valence-electron chi connectivity index (χ0n) is 16.8. The Morgan fingerprint density at radius 1 is 1.03 bits per heavy atom. The fraction of sp³-hybridized carbons (Fsp3) is 0.120. The summed E-state index contributed by atoms with van der Waals surface area (Å²) in [5, 5.41) is 2.98. The van der Waals surface area contributed by atoms with E-state index >= 15 is 0 Å². The van der Waals surface area contributed by atoms with Crippen molar-refractivity contribution in [3.8, 4) is 0 Å². The molecule has 4 heteroatoms. The number of H-pyrrole nitrogens is 1. The number of aromatic nitrogens is 1. The largest absolute Gasteiger partial charge is 0.359 e. The van der Waals surface area contributed by atoms with E-state index in [1.807, 2.05) is 69.3 Å². The fourth-order valence-corrected chi connectivity index (χ4v) is 3.59. The van der Waals surface area contributed by atoms with E-state index < -0.39 is 0 Å². The molecule has 0 spiro atoms. The number of anilines is 1. The molecule has 0 atom stereocenters. The molecule has 144 valence electrons. The smallest absolute Gasteiger partial charge is 0.256 e. The van der Waals surface area contributed by atoms with Gasteiger partial charge in [0.25, 0.3) is 5.91 Å². The van der Waals surface area contributed by atoms with Gasteiger partial charge in [-0.2, -0.15) is 0 Å². The number of amides is 1. The maximum Gasteiger partial charge on any atom is 0.256 e. The number of hydrogen-bond donors (Lipinski definition) is 2. The summed E-state index contributed by atoms with van der Waals surface area (Å²) in [5.41, 5.74) is 9.18. The number of carbonyl (C=O) groups is 1. The molecular formula is C25H23N3O. The first-order valence-electron chi connectivity index (χ1n) is 9.57. The molecule has 0 radical (unpaired) electrons. The Hall–Kier alpha value is -3.66. The van der Waals surface area contributed by atoms with Crippen molar-refractivity contribution in [2.45, 2.75) is 20.8 Å². The first-order valence-corrected chi connectivity index (χ1v) is 9.57. The van der Waals surface area contributed by atoms with Crippen LogP contribution >= 0.6 is 0 Å². The van der Waals surface area contributed by atoms with Gasteiger partial charge in [0.15, 0.2) is 0 Å². The lowest BCUT2D eigenvalue weighted by molar-refractivity contribution is -0.110. The molecule has 0 unspecified atom stereocenters. The lowest BCUT2D eigenvalue weighted by Gasteiger charge is -2.07. The van der Waals surface area contributed by atoms with Crippen LogP contribution in [0.4, 0.5) is 11.4 Å². The molecule has 4 rings (SSSR count). The van der Waals surface area contributed by atoms with E-state index in [1.165, 1.54) is 0 Å². The molecule has 4 nitrogen and oxygen atoms in total. The molecule has 1 amide bonds. The van der Waals surface area contributed by atoms with Gasteiger partial charge in [-0.3, -0.25) is 4.79 Å². The summed E-state index contributed by atoms with van der Waals surface area (Å²) in [5.74, 6) is -0.0974. The van der Waals surface area contributed by atoms with Crippen molar-refractivity contribution in [1.82, 2.24) is 4.98 Å². The van der Waals surface area contributed by atoms with E-state index in [1.54, 1.807) is 6.08 Å². The molecule has 0 bridgehead atoms. The number of hydrogen-bond acceptors (Lipinski definition) is 2. The van der Waals surface area contributed by atoms with Crippen LogP contribution in [-0.2, 0) is 4.79 Å². The highest BCUT2D eigenvalue weighted by Crippen LogP contribution is 2.34. The van der Waals surface area contributed by atoms with E-state index in [0.29, 0.717) is 5.57 Å². The van der Waals surface area contributed by atoms with Crippen LogP contribution < -0.4 is 5.32 Å². The molecule has 0 saturated heterocycles. The monoisotopic (exact) mass is 381 g/mol. The number of para-hydroxylation sites is 1. The Balaban J connectivity index is 1.74. The molecule has 1 aliphatic heterocycles. The Morgan fingerprint density at radius 2 is 1.83 bits per heavy atom. The molecule has 2 heterocycles. The van der Waals surface area contributed by atoms with Crippen LogP contribution in [0.2, 0.25) is 0 Å². The minimum atomic E-state index is -0.0974. The number of aromatic amines is 1. The summed E-state index contributed by atoms with van der Waals surface area (Å²) < 4.78 is 0. The van der Waals surface area contributed by atoms with Gasteiger partial charge in [-0.15, -0.1) is 0 Å². The van der Waals surface area contributed by atoms with Crippen molar-refractivity contribution in [3.63, 3.8) is 0 Å². The van der Waals surface area contributed by atoms with E-state index in [-0.39, 0.29) is 5.91 Å². The molecule has 2 aromatic carbocycles. The summed E-state index contributed by atoms with van der Waals surface area (Å²) in [7, 11) is 0. The van der Waals surface area contributed by atoms with E-state index in [9.17, 15) is 4.79 Å². The predicted molar refractivity (Wildman–Crippen MR) is 121 cm³/mol. The molecular weight excluding hydrogens is 358 g/mol. The SMILES string of the molecule is C=CC(=Nc1ccccc1C)c1ccc2c(c1)NC(=O)/C2=C\c1[nH]c(C)cc1C. The van der Waals surface area contributed by atoms with Crippen molar-refractivity contribution in [3.05, 3.63) is 94.8 Å². The van der Waals surface area contributed by atoms with Gasteiger partial charge in [0.1, 0.15) is 0 Å². The number of rotatable bonds is 4. The van der Waals surface area contributed by atoms with Gasteiger partial charge in [-0.25, -0.2) is 4.99 Å². The Kier molecular flexibility index (Phi) is 4.77. The van der Waals surface area contributed by atoms with E-state index in [0.717, 1.165) is 50.7 Å². The summed E-state index contributed by atoms with van der Waals surface area (Å²) in [6, 6.07) is 16.0. The van der Waals surface area contributed by atoms with Gasteiger partial charge in [-0.05, 0) is 62.2 Å². The minimum Gasteiger partial charge on any atom is -0.359 e. The normalized spacial score (nSPS) is 14.8. The number of carbonyl (C=O) groups excluding carboxylic acids is 1. The molecule has 0 fully saturated rings. The van der Waals surface area contributed by atoms with Crippen LogP contribution in [0.5, 0.6) is 0 Å². The van der Waals surface area contributed by atoms with Crippen molar-refractivity contribution in [2.75, 3.05) is 5.32 Å². The summed E-state index contributed by atoms with van der Waals surface area (Å²) in [6.07, 6.45) is 3.66. The molecule has 3 aromatic rings. The maximum atomic E-state index is 12.6. The Morgan fingerprint density at radius 3 is 2.52 bits per heavy atom. The van der Waals surface area contributed by atoms with Crippen molar-refractivity contribution < 1.29 is 4.79 Å². The summed E-state index contributed by atoms with van der Waals surface area (Å²) in [4.78, 5) is 20.7. The number of benzene rings is 2. The highest BCUT2D eigenvalue weighted by atomic mass is 16.2. The van der Waals surface area contributed by atoms with Crippen molar-refractivity contribution in [1.29, 1.82) is 0 Å². The lowest BCUT2D eigenvalue weighted by Crippen LogP contribution is -2.04. The van der Waals surface area contributed by atoms with E-state index in [4.69, 9.17) is 4.99 Å². The van der Waals surface area contributed by atoms with Crippen LogP contribution in [0, 0.1) is 20.8 Å². The van der Waals surface area contributed by atoms with Gasteiger partial charge in [-0.1, -0.05) is 36.9 Å². The molecule has 1 aliphatic rings. The predicted octanol–water partition coefficient (Wildman–Crippen LogP) is 5.74. The van der Waals surface area contributed by atoms with Gasteiger partial charge in [0.2, 0.25) is 0 Å². The zero-order chi connectivity index (χ0) is 20.5. The standard InChI is InChI=1S/C25H23N3O/c1-5-21(27-22-9-7-6-8-15(22)2)18-10-11-19-20(25(29)28-24(19)13-18)14-23-16(3)12-17(4)26-23/h5-14,26H,1H2,2-4H3,(H,28,29)/b20-14-,27-21?. The highest BCUT2D eigenvalue weighted by molar-refractivity contribution is 6.35. The summed E-state index contributed by atoms with van der Waals surface area (Å²) in [6.45, 7) is 9.99. The number of fused-ring (bicyclic) bond motifs is 1. The third kappa shape index (κ3) is 3.57. The second kappa shape index (κ2) is 7.40. The highest BCUT2D eigenvalue weighted by Gasteiger charge is 2.25. The molecule has 0 aliphatic carbocycles. The number of aryl methyl sites for hydroxylation is 3. The Bertz CT molecular complexity index is 1190. The first kappa shape index (κ1) is 18.7. The maximum absolute atomic E-state index is 12.6. The second-order valence-corrected chi connectivity index (χ2v) is 7.31. The second-order valence-electron chi connectivity index (χ2n) is 7.31. The number of nitrogens with zero attached hydrogens (tertiary/aromatic N) is 1. The minimum absolute atomic E-state index is 0.0974. The molecule has 0 saturated carbocycles. The molecule has 2 N–H and O–H groups in total. The number of nitrogens with one attached hydrogen (secondary N) is 2. The third-order valence-electron chi connectivity index (χ3n) is 5.13. The lowest BCUT2D eigenvalue weighted by atomic mass is 10.0. The van der Waals surface area contributed by atoms with Gasteiger partial charge in [0, 0.05) is 28.2 Å². The van der Waals surface area contributed by atoms with Crippen LogP contribution in [0.3, 0.4) is 0 Å². The molecule has 29 heavy (non-hydrogen) atoms. The van der Waals surface area contributed by atoms with Crippen LogP contribution in [0.25, 0.3) is 11.6 Å². The zero-order valence-corrected chi connectivity index (χ0v) is 16.8. The van der Waals surface area contributed by atoms with E-state index in [2.05, 4.69) is 22.9 Å². The van der Waals surface area contributed by atoms with Crippen molar-refractivity contribution >= 4 is 34.6 Å². The topological polar surface area (TPSA) is 57.2 Å². The third-order valence-corrected chi connectivity index (χ3v) is 5.13. The quantitative estimate of drug-likeness (QED) is 0.439. The van der Waals surface area contributed by atoms with Gasteiger partial charge in [0.05, 0.1) is 17.0 Å².